The minimum Gasteiger partial charge on any atom is -0.467 e. The number of carbonyl (C=O) groups excluding carboxylic acids is 1. The molecule has 0 saturated carbocycles. The molecule has 0 radical (unpaired) electrons. The first-order valence-electron chi connectivity index (χ1n) is 10.3. The van der Waals surface area contributed by atoms with E-state index < -0.39 is 0 Å². The van der Waals surface area contributed by atoms with Crippen molar-refractivity contribution in [2.75, 3.05) is 25.0 Å². The van der Waals surface area contributed by atoms with Gasteiger partial charge in [0, 0.05) is 37.4 Å². The van der Waals surface area contributed by atoms with Gasteiger partial charge in [-0.15, -0.1) is 5.10 Å². The lowest BCUT2D eigenvalue weighted by atomic mass is 10.1. The third-order valence-electron chi connectivity index (χ3n) is 5.40. The SMILES string of the molecule is CN(Cc1cccc(C(=O)NCc2ccco2)c1)CC1CCCN1c1cccnn1. The number of furan rings is 1. The predicted molar refractivity (Wildman–Crippen MR) is 115 cm³/mol. The van der Waals surface area contributed by atoms with Crippen LogP contribution in [0.2, 0.25) is 0 Å². The molecule has 1 fully saturated rings. The van der Waals surface area contributed by atoms with Crippen molar-refractivity contribution >= 4 is 11.7 Å². The zero-order valence-electron chi connectivity index (χ0n) is 17.2. The predicted octanol–water partition coefficient (Wildman–Crippen LogP) is 3.10. The first kappa shape index (κ1) is 20.1. The number of nitrogens with zero attached hydrogens (tertiary/aromatic N) is 4. The van der Waals surface area contributed by atoms with Crippen LogP contribution in [0.5, 0.6) is 0 Å². The Hall–Kier alpha value is -3.19. The number of hydrogen-bond acceptors (Lipinski definition) is 6. The molecule has 7 heteroatoms. The maximum atomic E-state index is 12.5. The van der Waals surface area contributed by atoms with Crippen molar-refractivity contribution in [2.45, 2.75) is 32.0 Å². The third-order valence-corrected chi connectivity index (χ3v) is 5.40. The number of hydrogen-bond donors (Lipinski definition) is 1. The molecule has 0 spiro atoms. The molecule has 1 N–H and O–H groups in total. The Morgan fingerprint density at radius 1 is 1.27 bits per heavy atom. The molecule has 3 heterocycles. The van der Waals surface area contributed by atoms with Crippen LogP contribution in [0.4, 0.5) is 5.82 Å². The molecule has 30 heavy (non-hydrogen) atoms. The van der Waals surface area contributed by atoms with Gasteiger partial charge in [0.25, 0.3) is 5.91 Å². The van der Waals surface area contributed by atoms with Crippen LogP contribution in [0.15, 0.2) is 65.4 Å². The van der Waals surface area contributed by atoms with Gasteiger partial charge < -0.3 is 19.5 Å². The van der Waals surface area contributed by atoms with E-state index in [1.54, 1.807) is 12.5 Å². The summed E-state index contributed by atoms with van der Waals surface area (Å²) < 4.78 is 5.27. The lowest BCUT2D eigenvalue weighted by Gasteiger charge is -2.29. The maximum Gasteiger partial charge on any atom is 0.251 e. The standard InChI is InChI=1S/C23H27N5O2/c1-27(17-20-8-4-12-28(20)22-10-3-11-25-26-22)16-18-6-2-7-19(14-18)23(29)24-15-21-9-5-13-30-21/h2-3,5-7,9-11,13-14,20H,4,8,12,15-17H2,1H3,(H,24,29). The summed E-state index contributed by atoms with van der Waals surface area (Å²) >= 11 is 0. The number of benzene rings is 1. The number of amides is 1. The number of anilines is 1. The van der Waals surface area contributed by atoms with Gasteiger partial charge in [-0.05, 0) is 61.9 Å². The highest BCUT2D eigenvalue weighted by molar-refractivity contribution is 5.94. The Morgan fingerprint density at radius 3 is 3.00 bits per heavy atom. The summed E-state index contributed by atoms with van der Waals surface area (Å²) in [6, 6.07) is 15.8. The molecule has 4 rings (SSSR count). The Kier molecular flexibility index (Phi) is 6.39. The molecule has 1 unspecified atom stereocenters. The Morgan fingerprint density at radius 2 is 2.20 bits per heavy atom. The molecular weight excluding hydrogens is 378 g/mol. The average molecular weight is 406 g/mol. The highest BCUT2D eigenvalue weighted by Crippen LogP contribution is 2.24. The maximum absolute atomic E-state index is 12.5. The van der Waals surface area contributed by atoms with Crippen LogP contribution in [-0.2, 0) is 13.1 Å². The van der Waals surface area contributed by atoms with E-state index >= 15 is 0 Å². The summed E-state index contributed by atoms with van der Waals surface area (Å²) in [5.41, 5.74) is 1.78. The zero-order chi connectivity index (χ0) is 20.8. The highest BCUT2D eigenvalue weighted by Gasteiger charge is 2.26. The fraction of sp³-hybridized carbons (Fsp3) is 0.348. The fourth-order valence-electron chi connectivity index (χ4n) is 4.00. The Labute approximate surface area is 176 Å². The van der Waals surface area contributed by atoms with Gasteiger partial charge >= 0.3 is 0 Å². The number of aromatic nitrogens is 2. The van der Waals surface area contributed by atoms with Gasteiger partial charge in [-0.1, -0.05) is 12.1 Å². The van der Waals surface area contributed by atoms with Crippen molar-refractivity contribution in [3.8, 4) is 0 Å². The molecule has 1 atom stereocenters. The molecule has 1 aliphatic rings. The topological polar surface area (TPSA) is 74.5 Å². The summed E-state index contributed by atoms with van der Waals surface area (Å²) in [5, 5.41) is 11.2. The molecule has 2 aromatic heterocycles. The highest BCUT2D eigenvalue weighted by atomic mass is 16.3. The first-order valence-corrected chi connectivity index (χ1v) is 10.3. The van der Waals surface area contributed by atoms with Gasteiger partial charge in [0.05, 0.1) is 12.8 Å². The van der Waals surface area contributed by atoms with Crippen molar-refractivity contribution < 1.29 is 9.21 Å². The fourth-order valence-corrected chi connectivity index (χ4v) is 4.00. The monoisotopic (exact) mass is 405 g/mol. The van der Waals surface area contributed by atoms with Crippen molar-refractivity contribution in [1.29, 1.82) is 0 Å². The van der Waals surface area contributed by atoms with Gasteiger partial charge in [0.2, 0.25) is 0 Å². The first-order chi connectivity index (χ1) is 14.7. The van der Waals surface area contributed by atoms with E-state index in [1.807, 2.05) is 42.5 Å². The van der Waals surface area contributed by atoms with E-state index in [-0.39, 0.29) is 5.91 Å². The molecule has 1 amide bonds. The van der Waals surface area contributed by atoms with Gasteiger partial charge in [-0.3, -0.25) is 4.79 Å². The second-order valence-electron chi connectivity index (χ2n) is 7.73. The van der Waals surface area contributed by atoms with Crippen LogP contribution in [-0.4, -0.2) is 47.2 Å². The quantitative estimate of drug-likeness (QED) is 0.621. The largest absolute Gasteiger partial charge is 0.467 e. The second kappa shape index (κ2) is 9.54. The van der Waals surface area contributed by atoms with Crippen molar-refractivity contribution in [1.82, 2.24) is 20.4 Å². The minimum atomic E-state index is -0.0967. The molecule has 1 aromatic carbocycles. The van der Waals surface area contributed by atoms with Crippen molar-refractivity contribution in [3.05, 3.63) is 77.9 Å². The number of likely N-dealkylation sites (N-methyl/N-ethyl adjacent to an activating group) is 1. The Bertz CT molecular complexity index is 945. The van der Waals surface area contributed by atoms with E-state index in [1.165, 1.54) is 6.42 Å². The summed E-state index contributed by atoms with van der Waals surface area (Å²) in [7, 11) is 2.12. The lowest BCUT2D eigenvalue weighted by Crippen LogP contribution is -2.39. The molecule has 7 nitrogen and oxygen atoms in total. The number of nitrogens with one attached hydrogen (secondary N) is 1. The minimum absolute atomic E-state index is 0.0967. The third kappa shape index (κ3) is 5.04. The van der Waals surface area contributed by atoms with Gasteiger partial charge in [0.1, 0.15) is 5.76 Å². The molecule has 156 valence electrons. The van der Waals surface area contributed by atoms with Crippen LogP contribution in [0.1, 0.15) is 34.5 Å². The van der Waals surface area contributed by atoms with Gasteiger partial charge in [-0.25, -0.2) is 0 Å². The summed E-state index contributed by atoms with van der Waals surface area (Å²) in [6.07, 6.45) is 5.63. The van der Waals surface area contributed by atoms with Crippen LogP contribution < -0.4 is 10.2 Å². The summed E-state index contributed by atoms with van der Waals surface area (Å²) in [6.45, 7) is 3.12. The summed E-state index contributed by atoms with van der Waals surface area (Å²) in [5.74, 6) is 1.59. The van der Waals surface area contributed by atoms with E-state index in [2.05, 4.69) is 38.4 Å². The van der Waals surface area contributed by atoms with E-state index in [9.17, 15) is 4.79 Å². The molecule has 0 aliphatic carbocycles. The van der Waals surface area contributed by atoms with Gasteiger partial charge in [0.15, 0.2) is 5.82 Å². The molecule has 1 aliphatic heterocycles. The number of rotatable bonds is 8. The van der Waals surface area contributed by atoms with E-state index in [0.717, 1.165) is 43.2 Å². The Balaban J connectivity index is 1.33. The van der Waals surface area contributed by atoms with Crippen molar-refractivity contribution in [2.24, 2.45) is 0 Å². The molecule has 0 bridgehead atoms. The zero-order valence-corrected chi connectivity index (χ0v) is 17.2. The molecule has 1 saturated heterocycles. The second-order valence-corrected chi connectivity index (χ2v) is 7.73. The molecule has 3 aromatic rings. The van der Waals surface area contributed by atoms with Crippen LogP contribution in [0.25, 0.3) is 0 Å². The lowest BCUT2D eigenvalue weighted by molar-refractivity contribution is 0.0948. The smallest absolute Gasteiger partial charge is 0.251 e. The van der Waals surface area contributed by atoms with Crippen LogP contribution in [0, 0.1) is 0 Å². The normalized spacial score (nSPS) is 16.2. The van der Waals surface area contributed by atoms with Crippen LogP contribution in [0.3, 0.4) is 0 Å². The number of carbonyl (C=O) groups is 1. The summed E-state index contributed by atoms with van der Waals surface area (Å²) in [4.78, 5) is 17.1. The van der Waals surface area contributed by atoms with E-state index in [0.29, 0.717) is 18.2 Å². The van der Waals surface area contributed by atoms with Crippen molar-refractivity contribution in [3.63, 3.8) is 0 Å². The van der Waals surface area contributed by atoms with Crippen LogP contribution >= 0.6 is 0 Å². The van der Waals surface area contributed by atoms with E-state index in [4.69, 9.17) is 4.42 Å². The van der Waals surface area contributed by atoms with Gasteiger partial charge in [-0.2, -0.15) is 5.10 Å². The molecular formula is C23H27N5O2. The average Bonchev–Trinajstić information content (AvgIpc) is 3.45.